The van der Waals surface area contributed by atoms with E-state index in [1.807, 2.05) is 13.0 Å². The molecule has 13 nitrogen and oxygen atoms in total. The fraction of sp³-hybridized carbons (Fsp3) is 0.308. The second-order valence-corrected chi connectivity index (χ2v) is 8.96. The molecular weight excluding hydrogens is 504 g/mol. The number of hydrogen-bond acceptors (Lipinski definition) is 10. The maximum absolute atomic E-state index is 12.5. The van der Waals surface area contributed by atoms with E-state index in [1.54, 1.807) is 29.9 Å². The smallest absolute Gasteiger partial charge is 0.271 e. The number of aromatic nitrogens is 4. The van der Waals surface area contributed by atoms with E-state index in [0.717, 1.165) is 19.3 Å². The molecule has 1 aliphatic rings. The molecule has 0 saturated carbocycles. The van der Waals surface area contributed by atoms with Crippen molar-refractivity contribution in [3.8, 4) is 5.75 Å². The summed E-state index contributed by atoms with van der Waals surface area (Å²) < 4.78 is 13.1. The molecule has 0 spiro atoms. The Kier molecular flexibility index (Phi) is 7.23. The number of carbonyl (C=O) groups excluding carboxylic acids is 1. The van der Waals surface area contributed by atoms with Crippen LogP contribution in [-0.4, -0.2) is 51.3 Å². The van der Waals surface area contributed by atoms with Crippen LogP contribution in [0.5, 0.6) is 5.75 Å². The number of nitrogens with one attached hydrogen (secondary N) is 3. The zero-order valence-corrected chi connectivity index (χ0v) is 21.7. The van der Waals surface area contributed by atoms with Gasteiger partial charge in [-0.1, -0.05) is 12.1 Å². The summed E-state index contributed by atoms with van der Waals surface area (Å²) in [6, 6.07) is 11.3. The van der Waals surface area contributed by atoms with Crippen LogP contribution in [0.25, 0.3) is 11.0 Å². The van der Waals surface area contributed by atoms with Crippen molar-refractivity contribution in [3.63, 3.8) is 0 Å². The number of nitro benzene ring substituents is 1. The van der Waals surface area contributed by atoms with E-state index >= 15 is 0 Å². The van der Waals surface area contributed by atoms with Crippen molar-refractivity contribution in [2.45, 2.75) is 32.4 Å². The quantitative estimate of drug-likeness (QED) is 0.216. The molecule has 2 aromatic carbocycles. The van der Waals surface area contributed by atoms with Gasteiger partial charge in [-0.15, -0.1) is 0 Å². The number of amides is 1. The number of ether oxygens (including phenoxy) is 2. The number of aryl methyl sites for hydroxylation is 1. The fourth-order valence-electron chi connectivity index (χ4n) is 4.55. The third kappa shape index (κ3) is 5.16. The number of fused-ring (bicyclic) bond motifs is 1. The molecule has 3 N–H and O–H groups in total. The number of para-hydroxylation sites is 1. The van der Waals surface area contributed by atoms with Gasteiger partial charge >= 0.3 is 0 Å². The van der Waals surface area contributed by atoms with Gasteiger partial charge in [0.1, 0.15) is 11.6 Å². The number of anilines is 4. The molecule has 5 rings (SSSR count). The molecule has 3 heterocycles. The highest BCUT2D eigenvalue weighted by atomic mass is 16.6. The Bertz CT molecular complexity index is 1550. The Morgan fingerprint density at radius 1 is 1.15 bits per heavy atom. The predicted molar refractivity (Wildman–Crippen MR) is 145 cm³/mol. The minimum atomic E-state index is -0.490. The summed E-state index contributed by atoms with van der Waals surface area (Å²) in [6.45, 7) is 2.48. The summed E-state index contributed by atoms with van der Waals surface area (Å²) in [4.78, 5) is 32.9. The maximum Gasteiger partial charge on any atom is 0.271 e. The van der Waals surface area contributed by atoms with Gasteiger partial charge in [-0.25, -0.2) is 4.68 Å². The van der Waals surface area contributed by atoms with E-state index < -0.39 is 4.92 Å². The van der Waals surface area contributed by atoms with Gasteiger partial charge in [-0.05, 0) is 44.4 Å². The highest BCUT2D eigenvalue weighted by molar-refractivity contribution is 6.01. The lowest BCUT2D eigenvalue weighted by atomic mass is 10.1. The van der Waals surface area contributed by atoms with Crippen LogP contribution in [0, 0.1) is 17.0 Å². The molecule has 1 atom stereocenters. The van der Waals surface area contributed by atoms with Crippen LogP contribution >= 0.6 is 0 Å². The summed E-state index contributed by atoms with van der Waals surface area (Å²) in [6.07, 6.45) is 2.46. The van der Waals surface area contributed by atoms with Crippen molar-refractivity contribution in [2.24, 2.45) is 0 Å². The molecule has 4 aromatic rings. The standard InChI is InChI=1S/C26H28N8O5/c1-15-22-23(28-18-9-5-4-8-17(18)25(35)27-2)30-26(29-19-14-16(34(36)37)11-12-20(19)38-3)31-24(22)33(32-15)21-10-6-7-13-39-21/h4-5,8-9,11-12,14,21H,6-7,10,13H2,1-3H3,(H,27,35)(H2,28,29,30,31). The number of nitrogens with zero attached hydrogens (tertiary/aromatic N) is 5. The number of non-ortho nitro benzene ring substituents is 1. The fourth-order valence-corrected chi connectivity index (χ4v) is 4.55. The van der Waals surface area contributed by atoms with Crippen molar-refractivity contribution in [1.29, 1.82) is 0 Å². The van der Waals surface area contributed by atoms with Crippen molar-refractivity contribution < 1.29 is 19.2 Å². The van der Waals surface area contributed by atoms with E-state index in [4.69, 9.17) is 24.5 Å². The Morgan fingerprint density at radius 3 is 2.69 bits per heavy atom. The van der Waals surface area contributed by atoms with Crippen LogP contribution in [0.3, 0.4) is 0 Å². The molecule has 13 heteroatoms. The molecule has 0 radical (unpaired) electrons. The largest absolute Gasteiger partial charge is 0.495 e. The van der Waals surface area contributed by atoms with Crippen LogP contribution in [0.4, 0.5) is 28.8 Å². The Labute approximate surface area is 223 Å². The lowest BCUT2D eigenvalue weighted by Gasteiger charge is -2.23. The number of hydrogen-bond donors (Lipinski definition) is 3. The minimum Gasteiger partial charge on any atom is -0.495 e. The third-order valence-corrected chi connectivity index (χ3v) is 6.45. The van der Waals surface area contributed by atoms with Crippen LogP contribution in [0.15, 0.2) is 42.5 Å². The van der Waals surface area contributed by atoms with E-state index in [0.29, 0.717) is 51.8 Å². The second-order valence-electron chi connectivity index (χ2n) is 8.96. The van der Waals surface area contributed by atoms with Crippen molar-refractivity contribution in [2.75, 3.05) is 31.4 Å². The van der Waals surface area contributed by atoms with Crippen molar-refractivity contribution in [3.05, 3.63) is 63.8 Å². The molecule has 1 unspecified atom stereocenters. The molecule has 1 fully saturated rings. The van der Waals surface area contributed by atoms with Gasteiger partial charge in [-0.2, -0.15) is 15.1 Å². The number of nitro groups is 1. The molecule has 2 aromatic heterocycles. The molecule has 0 bridgehead atoms. The first kappa shape index (κ1) is 25.9. The minimum absolute atomic E-state index is 0.117. The van der Waals surface area contributed by atoms with E-state index in [-0.39, 0.29) is 23.8 Å². The number of carbonyl (C=O) groups is 1. The number of methoxy groups -OCH3 is 1. The van der Waals surface area contributed by atoms with E-state index in [2.05, 4.69) is 16.0 Å². The summed E-state index contributed by atoms with van der Waals surface area (Å²) in [5.41, 5.74) is 2.37. The van der Waals surface area contributed by atoms with Crippen LogP contribution in [0.1, 0.15) is 41.5 Å². The Hall–Kier alpha value is -4.78. The van der Waals surface area contributed by atoms with Gasteiger partial charge in [-0.3, -0.25) is 14.9 Å². The second kappa shape index (κ2) is 10.9. The maximum atomic E-state index is 12.5. The lowest BCUT2D eigenvalue weighted by Crippen LogP contribution is -2.20. The SMILES string of the molecule is CNC(=O)c1ccccc1Nc1nc(Nc2cc([N+](=O)[O-])ccc2OC)nc2c1c(C)nn2C1CCCCO1. The zero-order chi connectivity index (χ0) is 27.5. The normalized spacial score (nSPS) is 15.1. The number of benzene rings is 2. The first-order chi connectivity index (χ1) is 18.9. The molecule has 0 aliphatic carbocycles. The molecule has 39 heavy (non-hydrogen) atoms. The van der Waals surface area contributed by atoms with Gasteiger partial charge in [0.05, 0.1) is 40.1 Å². The third-order valence-electron chi connectivity index (χ3n) is 6.45. The monoisotopic (exact) mass is 532 g/mol. The average molecular weight is 533 g/mol. The zero-order valence-electron chi connectivity index (χ0n) is 21.7. The van der Waals surface area contributed by atoms with E-state index in [1.165, 1.54) is 25.3 Å². The highest BCUT2D eigenvalue weighted by Crippen LogP contribution is 2.35. The summed E-state index contributed by atoms with van der Waals surface area (Å²) in [5, 5.41) is 25.8. The first-order valence-corrected chi connectivity index (χ1v) is 12.5. The predicted octanol–water partition coefficient (Wildman–Crippen LogP) is 4.60. The first-order valence-electron chi connectivity index (χ1n) is 12.5. The van der Waals surface area contributed by atoms with Crippen LogP contribution in [0.2, 0.25) is 0 Å². The van der Waals surface area contributed by atoms with Crippen LogP contribution in [-0.2, 0) is 4.74 Å². The average Bonchev–Trinajstić information content (AvgIpc) is 3.29. The molecule has 1 aliphatic heterocycles. The lowest BCUT2D eigenvalue weighted by molar-refractivity contribution is -0.384. The number of rotatable bonds is 8. The Balaban J connectivity index is 1.66. The van der Waals surface area contributed by atoms with Crippen molar-refractivity contribution >= 4 is 45.8 Å². The van der Waals surface area contributed by atoms with E-state index in [9.17, 15) is 14.9 Å². The molecule has 1 saturated heterocycles. The van der Waals surface area contributed by atoms with Gasteiger partial charge in [0, 0.05) is 25.8 Å². The van der Waals surface area contributed by atoms with Crippen molar-refractivity contribution in [1.82, 2.24) is 25.1 Å². The molecular formula is C26H28N8O5. The summed E-state index contributed by atoms with van der Waals surface area (Å²) >= 11 is 0. The summed E-state index contributed by atoms with van der Waals surface area (Å²) in [5.74, 6) is 0.677. The summed E-state index contributed by atoms with van der Waals surface area (Å²) in [7, 11) is 3.03. The molecule has 202 valence electrons. The van der Waals surface area contributed by atoms with Crippen LogP contribution < -0.4 is 20.7 Å². The topological polar surface area (TPSA) is 158 Å². The van der Waals surface area contributed by atoms with Gasteiger partial charge in [0.2, 0.25) is 5.95 Å². The van der Waals surface area contributed by atoms with Gasteiger partial charge < -0.3 is 25.4 Å². The van der Waals surface area contributed by atoms with Gasteiger partial charge in [0.15, 0.2) is 11.9 Å². The molecule has 1 amide bonds. The van der Waals surface area contributed by atoms with Gasteiger partial charge in [0.25, 0.3) is 11.6 Å². The highest BCUT2D eigenvalue weighted by Gasteiger charge is 2.25. The Morgan fingerprint density at radius 2 is 1.97 bits per heavy atom.